The Kier molecular flexibility index (Phi) is 6.06. The van der Waals surface area contributed by atoms with E-state index >= 15 is 0 Å². The number of ether oxygens (including phenoxy) is 1. The molecule has 146 valence electrons. The molecule has 0 unspecified atom stereocenters. The van der Waals surface area contributed by atoms with Crippen LogP contribution in [0.25, 0.3) is 0 Å². The molecule has 0 bridgehead atoms. The quantitative estimate of drug-likeness (QED) is 0.720. The molecule has 2 aromatic rings. The maximum absolute atomic E-state index is 13.5. The third kappa shape index (κ3) is 6.22. The summed E-state index contributed by atoms with van der Waals surface area (Å²) in [5, 5.41) is 7.35. The van der Waals surface area contributed by atoms with Crippen LogP contribution in [-0.4, -0.2) is 27.1 Å². The van der Waals surface area contributed by atoms with Crippen LogP contribution in [0, 0.1) is 5.82 Å². The monoisotopic (exact) mass is 406 g/mol. The van der Waals surface area contributed by atoms with E-state index in [0.717, 1.165) is 18.2 Å². The first-order valence-electron chi connectivity index (χ1n) is 7.35. The van der Waals surface area contributed by atoms with Crippen molar-refractivity contribution in [3.05, 3.63) is 59.4 Å². The molecular formula is C16H14F4N2O4S. The number of sulfonamides is 1. The molecule has 0 aliphatic heterocycles. The van der Waals surface area contributed by atoms with Gasteiger partial charge in [0.05, 0.1) is 0 Å². The molecule has 2 aromatic carbocycles. The highest BCUT2D eigenvalue weighted by Gasteiger charge is 2.28. The highest BCUT2D eigenvalue weighted by molar-refractivity contribution is 7.89. The Labute approximate surface area is 152 Å². The molecule has 11 heteroatoms. The number of rotatable bonds is 6. The van der Waals surface area contributed by atoms with Gasteiger partial charge in [-0.1, -0.05) is 12.1 Å². The number of amides is 1. The van der Waals surface area contributed by atoms with Crippen LogP contribution < -0.4 is 15.2 Å². The average Bonchev–Trinajstić information content (AvgIpc) is 2.57. The van der Waals surface area contributed by atoms with Crippen LogP contribution in [-0.2, 0) is 16.6 Å². The zero-order chi connectivity index (χ0) is 20.2. The van der Waals surface area contributed by atoms with Crippen molar-refractivity contribution in [3.8, 4) is 5.75 Å². The summed E-state index contributed by atoms with van der Waals surface area (Å²) in [7, 11) is -4.33. The largest absolute Gasteiger partial charge is 0.484 e. The van der Waals surface area contributed by atoms with E-state index in [0.29, 0.717) is 5.56 Å². The van der Waals surface area contributed by atoms with E-state index in [2.05, 4.69) is 10.1 Å². The Bertz CT molecular complexity index is 928. The predicted octanol–water partition coefficient (Wildman–Crippen LogP) is 2.34. The lowest BCUT2D eigenvalue weighted by Gasteiger charge is -2.10. The fourth-order valence-corrected chi connectivity index (χ4v) is 2.65. The zero-order valence-electron chi connectivity index (χ0n) is 13.6. The predicted molar refractivity (Wildman–Crippen MR) is 86.9 cm³/mol. The van der Waals surface area contributed by atoms with Crippen LogP contribution in [0.15, 0.2) is 47.4 Å². The third-order valence-electron chi connectivity index (χ3n) is 3.28. The highest BCUT2D eigenvalue weighted by Crippen LogP contribution is 2.19. The maximum Gasteiger partial charge on any atom is 0.422 e. The van der Waals surface area contributed by atoms with Crippen molar-refractivity contribution in [2.75, 3.05) is 6.61 Å². The average molecular weight is 406 g/mol. The Hall–Kier alpha value is -2.66. The summed E-state index contributed by atoms with van der Waals surface area (Å²) in [6, 6.07) is 8.23. The summed E-state index contributed by atoms with van der Waals surface area (Å²) < 4.78 is 76.8. The minimum Gasteiger partial charge on any atom is -0.484 e. The molecule has 1 amide bonds. The summed E-state index contributed by atoms with van der Waals surface area (Å²) in [4.78, 5) is 11.3. The van der Waals surface area contributed by atoms with Crippen LogP contribution in [0.2, 0.25) is 0 Å². The second-order valence-corrected chi connectivity index (χ2v) is 6.95. The van der Waals surface area contributed by atoms with Crippen LogP contribution in [0.5, 0.6) is 5.75 Å². The van der Waals surface area contributed by atoms with Crippen LogP contribution in [0.4, 0.5) is 17.6 Å². The molecule has 3 N–H and O–H groups in total. The molecule has 0 saturated carbocycles. The first kappa shape index (κ1) is 20.6. The Balaban J connectivity index is 2.00. The number of hydrogen-bond donors (Lipinski definition) is 2. The molecule has 0 saturated heterocycles. The molecule has 0 aliphatic carbocycles. The molecule has 27 heavy (non-hydrogen) atoms. The van der Waals surface area contributed by atoms with E-state index < -0.39 is 39.4 Å². The van der Waals surface area contributed by atoms with E-state index in [1.807, 2.05) is 0 Å². The lowest BCUT2D eigenvalue weighted by molar-refractivity contribution is -0.153. The topological polar surface area (TPSA) is 98.5 Å². The molecule has 2 rings (SSSR count). The molecule has 6 nitrogen and oxygen atoms in total. The van der Waals surface area contributed by atoms with Gasteiger partial charge in [-0.05, 0) is 35.9 Å². The molecule has 0 atom stereocenters. The first-order chi connectivity index (χ1) is 12.5. The summed E-state index contributed by atoms with van der Waals surface area (Å²) >= 11 is 0. The molecule has 0 fully saturated rings. The van der Waals surface area contributed by atoms with Gasteiger partial charge in [0.2, 0.25) is 10.0 Å². The van der Waals surface area contributed by atoms with Crippen molar-refractivity contribution in [1.82, 2.24) is 5.32 Å². The van der Waals surface area contributed by atoms with Gasteiger partial charge in [-0.2, -0.15) is 13.2 Å². The minimum atomic E-state index is -4.45. The van der Waals surface area contributed by atoms with Gasteiger partial charge in [0, 0.05) is 12.1 Å². The Morgan fingerprint density at radius 1 is 1.11 bits per heavy atom. The highest BCUT2D eigenvalue weighted by atomic mass is 32.2. The molecule has 0 heterocycles. The molecule has 0 aliphatic rings. The standard InChI is InChI=1S/C16H14F4N2O4S/c17-13-6-3-11(7-14(13)27(21,24)25)15(23)22-8-10-1-4-12(5-2-10)26-9-16(18,19)20/h1-7H,8-9H2,(H,22,23)(H2,21,24,25). The second-order valence-electron chi connectivity index (χ2n) is 5.42. The number of carbonyl (C=O) groups excluding carboxylic acids is 1. The number of alkyl halides is 3. The van der Waals surface area contributed by atoms with Gasteiger partial charge in [-0.25, -0.2) is 17.9 Å². The van der Waals surface area contributed by atoms with Crippen LogP contribution in [0.3, 0.4) is 0 Å². The molecule has 0 radical (unpaired) electrons. The normalized spacial score (nSPS) is 11.9. The summed E-state index contributed by atoms with van der Waals surface area (Å²) in [6.45, 7) is -1.42. The number of primary sulfonamides is 1. The third-order valence-corrected chi connectivity index (χ3v) is 4.20. The van der Waals surface area contributed by atoms with Crippen molar-refractivity contribution < 1.29 is 35.5 Å². The number of nitrogens with one attached hydrogen (secondary N) is 1. The van der Waals surface area contributed by atoms with Gasteiger partial charge in [0.1, 0.15) is 16.5 Å². The van der Waals surface area contributed by atoms with Crippen LogP contribution in [0.1, 0.15) is 15.9 Å². The zero-order valence-corrected chi connectivity index (χ0v) is 14.4. The number of nitrogens with two attached hydrogens (primary N) is 1. The van der Waals surface area contributed by atoms with Crippen molar-refractivity contribution in [3.63, 3.8) is 0 Å². The van der Waals surface area contributed by atoms with Gasteiger partial charge in [0.15, 0.2) is 6.61 Å². The van der Waals surface area contributed by atoms with Crippen molar-refractivity contribution in [1.29, 1.82) is 0 Å². The number of carbonyl (C=O) groups is 1. The lowest BCUT2D eigenvalue weighted by Crippen LogP contribution is -2.24. The van der Waals surface area contributed by atoms with Crippen molar-refractivity contribution >= 4 is 15.9 Å². The number of hydrogen-bond acceptors (Lipinski definition) is 4. The van der Waals surface area contributed by atoms with E-state index in [-0.39, 0.29) is 17.9 Å². The maximum atomic E-state index is 13.5. The summed E-state index contributed by atoms with van der Waals surface area (Å²) in [5.41, 5.74) is 0.432. The van der Waals surface area contributed by atoms with Gasteiger partial charge in [-0.3, -0.25) is 4.79 Å². The Morgan fingerprint density at radius 3 is 2.30 bits per heavy atom. The SMILES string of the molecule is NS(=O)(=O)c1cc(C(=O)NCc2ccc(OCC(F)(F)F)cc2)ccc1F. The number of benzene rings is 2. The van der Waals surface area contributed by atoms with Gasteiger partial charge >= 0.3 is 6.18 Å². The molecule has 0 aromatic heterocycles. The van der Waals surface area contributed by atoms with Gasteiger partial charge < -0.3 is 10.1 Å². The second kappa shape index (κ2) is 7.92. The van der Waals surface area contributed by atoms with E-state index in [4.69, 9.17) is 5.14 Å². The fourth-order valence-electron chi connectivity index (χ4n) is 2.02. The minimum absolute atomic E-state index is 0.000465. The smallest absolute Gasteiger partial charge is 0.422 e. The van der Waals surface area contributed by atoms with E-state index in [1.165, 1.54) is 24.3 Å². The van der Waals surface area contributed by atoms with Crippen LogP contribution >= 0.6 is 0 Å². The number of halogens is 4. The lowest BCUT2D eigenvalue weighted by atomic mass is 10.2. The van der Waals surface area contributed by atoms with Crippen molar-refractivity contribution in [2.45, 2.75) is 17.6 Å². The van der Waals surface area contributed by atoms with E-state index in [9.17, 15) is 30.8 Å². The van der Waals surface area contributed by atoms with Crippen molar-refractivity contribution in [2.24, 2.45) is 5.14 Å². The van der Waals surface area contributed by atoms with E-state index in [1.54, 1.807) is 0 Å². The Morgan fingerprint density at radius 2 is 1.74 bits per heavy atom. The van der Waals surface area contributed by atoms with Gasteiger partial charge in [-0.15, -0.1) is 0 Å². The first-order valence-corrected chi connectivity index (χ1v) is 8.89. The summed E-state index contributed by atoms with van der Waals surface area (Å²) in [6.07, 6.45) is -4.45. The molecular weight excluding hydrogens is 392 g/mol. The van der Waals surface area contributed by atoms with Gasteiger partial charge in [0.25, 0.3) is 5.91 Å². The molecule has 0 spiro atoms. The summed E-state index contributed by atoms with van der Waals surface area (Å²) in [5.74, 6) is -1.75. The fraction of sp³-hybridized carbons (Fsp3) is 0.188.